The van der Waals surface area contributed by atoms with Gasteiger partial charge in [-0.05, 0) is 42.3 Å². The predicted octanol–water partition coefficient (Wildman–Crippen LogP) is 4.54. The number of hydrogen-bond donors (Lipinski definition) is 3. The number of rotatable bonds is 12. The highest BCUT2D eigenvalue weighted by Crippen LogP contribution is 2.26. The van der Waals surface area contributed by atoms with Gasteiger partial charge in [-0.25, -0.2) is 4.98 Å². The van der Waals surface area contributed by atoms with Gasteiger partial charge in [0.2, 0.25) is 11.8 Å². The molecule has 2 heterocycles. The number of carbonyl (C=O) groups is 2. The minimum Gasteiger partial charge on any atom is -0.491 e. The second-order valence-corrected chi connectivity index (χ2v) is 9.97. The van der Waals surface area contributed by atoms with Crippen molar-refractivity contribution in [3.8, 4) is 17.2 Å². The molecule has 0 aliphatic carbocycles. The summed E-state index contributed by atoms with van der Waals surface area (Å²) in [5.41, 5.74) is 0.974. The van der Waals surface area contributed by atoms with E-state index in [0.29, 0.717) is 35.7 Å². The van der Waals surface area contributed by atoms with Crippen LogP contribution in [0.4, 0.5) is 5.82 Å². The largest absolute Gasteiger partial charge is 0.491 e. The minimum atomic E-state index is -0.964. The third kappa shape index (κ3) is 8.03. The lowest BCUT2D eigenvalue weighted by Gasteiger charge is -2.25. The molecule has 0 saturated heterocycles. The van der Waals surface area contributed by atoms with E-state index in [0.717, 1.165) is 17.7 Å². The quantitative estimate of drug-likeness (QED) is 0.321. The molecule has 0 bridgehead atoms. The summed E-state index contributed by atoms with van der Waals surface area (Å²) in [6, 6.07) is 10.9. The number of pyridine rings is 1. The van der Waals surface area contributed by atoms with Gasteiger partial charge in [0.25, 0.3) is 5.91 Å². The lowest BCUT2D eigenvalue weighted by atomic mass is 9.97. The number of aliphatic carboxylic acids is 1. The van der Waals surface area contributed by atoms with Crippen molar-refractivity contribution in [1.29, 1.82) is 0 Å². The fraction of sp³-hybridized carbons (Fsp3) is 0.444. The summed E-state index contributed by atoms with van der Waals surface area (Å²) in [5, 5.41) is 23.0. The Labute approximate surface area is 216 Å². The van der Waals surface area contributed by atoms with Gasteiger partial charge in [0.1, 0.15) is 18.2 Å². The van der Waals surface area contributed by atoms with E-state index in [1.165, 1.54) is 6.20 Å². The molecule has 198 valence electrons. The number of anilines is 1. The van der Waals surface area contributed by atoms with Crippen molar-refractivity contribution in [3.05, 3.63) is 54.0 Å². The first-order valence-corrected chi connectivity index (χ1v) is 12.4. The van der Waals surface area contributed by atoms with Gasteiger partial charge in [-0.15, -0.1) is 10.2 Å². The van der Waals surface area contributed by atoms with Crippen molar-refractivity contribution in [3.63, 3.8) is 0 Å². The molecular weight excluding hydrogens is 474 g/mol. The third-order valence-electron chi connectivity index (χ3n) is 5.91. The fourth-order valence-electron chi connectivity index (χ4n) is 3.34. The Kier molecular flexibility index (Phi) is 9.21. The zero-order valence-corrected chi connectivity index (χ0v) is 21.9. The molecule has 37 heavy (non-hydrogen) atoms. The van der Waals surface area contributed by atoms with Crippen LogP contribution >= 0.6 is 0 Å². The Morgan fingerprint density at radius 3 is 2.41 bits per heavy atom. The number of aromatic nitrogens is 3. The maximum absolute atomic E-state index is 12.1. The molecular formula is C27H35N5O5. The monoisotopic (exact) mass is 509 g/mol. The number of hydrogen-bond acceptors (Lipinski definition) is 8. The molecule has 0 saturated carbocycles. The van der Waals surface area contributed by atoms with Crippen molar-refractivity contribution in [2.45, 2.75) is 58.9 Å². The van der Waals surface area contributed by atoms with Gasteiger partial charge < -0.3 is 24.9 Å². The fourth-order valence-corrected chi connectivity index (χ4v) is 3.34. The average Bonchev–Trinajstić information content (AvgIpc) is 3.38. The second-order valence-electron chi connectivity index (χ2n) is 9.97. The van der Waals surface area contributed by atoms with E-state index in [4.69, 9.17) is 14.3 Å². The summed E-state index contributed by atoms with van der Waals surface area (Å²) in [6.07, 6.45) is 2.28. The van der Waals surface area contributed by atoms with Crippen LogP contribution in [-0.4, -0.2) is 51.4 Å². The first-order valence-electron chi connectivity index (χ1n) is 12.4. The number of carbonyl (C=O) groups excluding carboxylic acids is 1. The normalized spacial score (nSPS) is 13.0. The molecule has 1 amide bonds. The number of nitrogens with one attached hydrogen (secondary N) is 2. The standard InChI is InChI=1S/C27H35N5O5/c1-6-17(2)21(30-22-12-9-19(15-29-22)24(35)28-14-13-23(33)34)16-36-20-10-7-18(8-11-20)25-31-32-26(37-25)27(3,4)5/h7-12,15,17,21H,6,13-14,16H2,1-5H3,(H,28,35)(H,29,30)(H,33,34)/t17-,21+/m0/s1. The van der Waals surface area contributed by atoms with Gasteiger partial charge in [0.15, 0.2) is 0 Å². The molecule has 0 unspecified atom stereocenters. The van der Waals surface area contributed by atoms with Gasteiger partial charge in [0.05, 0.1) is 18.0 Å². The number of carboxylic acid groups (broad SMARTS) is 1. The first-order chi connectivity index (χ1) is 17.6. The van der Waals surface area contributed by atoms with E-state index in [2.05, 4.69) is 39.7 Å². The Hall–Kier alpha value is -3.95. The summed E-state index contributed by atoms with van der Waals surface area (Å²) in [4.78, 5) is 27.1. The topological polar surface area (TPSA) is 139 Å². The molecule has 2 atom stereocenters. The van der Waals surface area contributed by atoms with Gasteiger partial charge >= 0.3 is 5.97 Å². The summed E-state index contributed by atoms with van der Waals surface area (Å²) >= 11 is 0. The van der Waals surface area contributed by atoms with E-state index < -0.39 is 5.97 Å². The van der Waals surface area contributed by atoms with E-state index >= 15 is 0 Å². The molecule has 3 N–H and O–H groups in total. The molecule has 0 fully saturated rings. The Bertz CT molecular complexity index is 1170. The highest BCUT2D eigenvalue weighted by atomic mass is 16.5. The van der Waals surface area contributed by atoms with Crippen molar-refractivity contribution in [2.75, 3.05) is 18.5 Å². The Morgan fingerprint density at radius 2 is 1.84 bits per heavy atom. The molecule has 2 aromatic heterocycles. The van der Waals surface area contributed by atoms with Crippen molar-refractivity contribution in [1.82, 2.24) is 20.5 Å². The Balaban J connectivity index is 1.58. The average molecular weight is 510 g/mol. The van der Waals surface area contributed by atoms with Crippen LogP contribution in [0.3, 0.4) is 0 Å². The van der Waals surface area contributed by atoms with E-state index in [9.17, 15) is 9.59 Å². The zero-order valence-electron chi connectivity index (χ0n) is 21.9. The number of ether oxygens (including phenoxy) is 1. The highest BCUT2D eigenvalue weighted by molar-refractivity contribution is 5.94. The molecule has 0 spiro atoms. The van der Waals surface area contributed by atoms with Crippen LogP contribution in [0.15, 0.2) is 47.0 Å². The summed E-state index contributed by atoms with van der Waals surface area (Å²) in [5.74, 6) is 1.38. The van der Waals surface area contributed by atoms with Crippen LogP contribution < -0.4 is 15.4 Å². The number of amides is 1. The molecule has 0 radical (unpaired) electrons. The van der Waals surface area contributed by atoms with Crippen molar-refractivity contribution < 1.29 is 23.8 Å². The molecule has 3 aromatic rings. The van der Waals surface area contributed by atoms with Crippen molar-refractivity contribution in [2.24, 2.45) is 5.92 Å². The number of nitrogens with zero attached hydrogens (tertiary/aromatic N) is 3. The summed E-state index contributed by atoms with van der Waals surface area (Å²) < 4.78 is 11.9. The van der Waals surface area contributed by atoms with E-state index in [-0.39, 0.29) is 30.3 Å². The molecule has 10 heteroatoms. The van der Waals surface area contributed by atoms with Crippen LogP contribution in [0.25, 0.3) is 11.5 Å². The van der Waals surface area contributed by atoms with Gasteiger partial charge in [-0.1, -0.05) is 41.0 Å². The second kappa shape index (κ2) is 12.3. The van der Waals surface area contributed by atoms with Crippen LogP contribution in [0.2, 0.25) is 0 Å². The molecule has 1 aromatic carbocycles. The third-order valence-corrected chi connectivity index (χ3v) is 5.91. The van der Waals surface area contributed by atoms with Gasteiger partial charge in [-0.3, -0.25) is 9.59 Å². The lowest BCUT2D eigenvalue weighted by molar-refractivity contribution is -0.136. The lowest BCUT2D eigenvalue weighted by Crippen LogP contribution is -2.33. The van der Waals surface area contributed by atoms with Gasteiger partial charge in [0, 0.05) is 23.7 Å². The van der Waals surface area contributed by atoms with Crippen LogP contribution in [0.5, 0.6) is 5.75 Å². The number of benzene rings is 1. The summed E-state index contributed by atoms with van der Waals surface area (Å²) in [6.45, 7) is 10.8. The van der Waals surface area contributed by atoms with Crippen molar-refractivity contribution >= 4 is 17.7 Å². The number of carboxylic acids is 1. The zero-order chi connectivity index (χ0) is 27.0. The van der Waals surface area contributed by atoms with Crippen LogP contribution in [-0.2, 0) is 10.2 Å². The SMILES string of the molecule is CC[C@H](C)[C@@H](COc1ccc(-c2nnc(C(C)(C)C)o2)cc1)Nc1ccc(C(=O)NCCC(=O)O)cn1. The predicted molar refractivity (Wildman–Crippen MR) is 140 cm³/mol. The van der Waals surface area contributed by atoms with E-state index in [1.807, 2.05) is 45.0 Å². The van der Waals surface area contributed by atoms with Crippen LogP contribution in [0, 0.1) is 5.92 Å². The summed E-state index contributed by atoms with van der Waals surface area (Å²) in [7, 11) is 0. The maximum atomic E-state index is 12.1. The highest BCUT2D eigenvalue weighted by Gasteiger charge is 2.22. The maximum Gasteiger partial charge on any atom is 0.305 e. The minimum absolute atomic E-state index is 0.0160. The molecule has 10 nitrogen and oxygen atoms in total. The Morgan fingerprint density at radius 1 is 1.11 bits per heavy atom. The molecule has 0 aliphatic rings. The smallest absolute Gasteiger partial charge is 0.305 e. The van der Waals surface area contributed by atoms with Crippen LogP contribution in [0.1, 0.15) is 63.7 Å². The van der Waals surface area contributed by atoms with Gasteiger partial charge in [-0.2, -0.15) is 0 Å². The van der Waals surface area contributed by atoms with E-state index in [1.54, 1.807) is 12.1 Å². The molecule has 0 aliphatic heterocycles. The molecule has 3 rings (SSSR count). The first kappa shape index (κ1) is 27.6.